The predicted molar refractivity (Wildman–Crippen MR) is 77.9 cm³/mol. The number of carbonyl (C=O) groups is 2. The molecule has 6 nitrogen and oxygen atoms in total. The van der Waals surface area contributed by atoms with Gasteiger partial charge in [-0.2, -0.15) is 0 Å². The average Bonchev–Trinajstić information content (AvgIpc) is 2.88. The smallest absolute Gasteiger partial charge is 0.227 e. The Morgan fingerprint density at radius 1 is 1.48 bits per heavy atom. The van der Waals surface area contributed by atoms with E-state index in [0.29, 0.717) is 17.0 Å². The van der Waals surface area contributed by atoms with Crippen LogP contribution in [0.5, 0.6) is 5.75 Å². The van der Waals surface area contributed by atoms with E-state index >= 15 is 0 Å². The molecule has 1 aliphatic rings. The van der Waals surface area contributed by atoms with Crippen LogP contribution >= 0.6 is 0 Å². The van der Waals surface area contributed by atoms with Crippen molar-refractivity contribution in [2.45, 2.75) is 6.42 Å². The van der Waals surface area contributed by atoms with E-state index in [4.69, 9.17) is 10.5 Å². The van der Waals surface area contributed by atoms with Crippen LogP contribution in [0.4, 0.5) is 5.69 Å². The third-order valence-corrected chi connectivity index (χ3v) is 3.71. The summed E-state index contributed by atoms with van der Waals surface area (Å²) in [5, 5.41) is 0.877. The summed E-state index contributed by atoms with van der Waals surface area (Å²) in [5.41, 5.74) is 6.67. The molecule has 1 saturated heterocycles. The summed E-state index contributed by atoms with van der Waals surface area (Å²) in [7, 11) is 1.57. The SMILES string of the molecule is COc1cc(N2CC(C(N)=O)CC2=O)c2ncccc2c1. The molecule has 2 N–H and O–H groups in total. The van der Waals surface area contributed by atoms with Gasteiger partial charge in [0.2, 0.25) is 11.8 Å². The number of nitrogens with two attached hydrogens (primary N) is 1. The molecule has 0 aliphatic carbocycles. The van der Waals surface area contributed by atoms with Crippen molar-refractivity contribution in [2.24, 2.45) is 11.7 Å². The van der Waals surface area contributed by atoms with Gasteiger partial charge in [-0.3, -0.25) is 14.6 Å². The number of anilines is 1. The second kappa shape index (κ2) is 5.05. The lowest BCUT2D eigenvalue weighted by Gasteiger charge is -2.19. The number of primary amides is 1. The van der Waals surface area contributed by atoms with Gasteiger partial charge in [0.15, 0.2) is 0 Å². The molecule has 2 amide bonds. The van der Waals surface area contributed by atoms with Crippen LogP contribution in [0.25, 0.3) is 10.9 Å². The highest BCUT2D eigenvalue weighted by Gasteiger charge is 2.35. The number of nitrogens with zero attached hydrogens (tertiary/aromatic N) is 2. The van der Waals surface area contributed by atoms with E-state index in [2.05, 4.69) is 4.98 Å². The molecule has 1 aliphatic heterocycles. The second-order valence-corrected chi connectivity index (χ2v) is 5.03. The number of ether oxygens (including phenoxy) is 1. The van der Waals surface area contributed by atoms with Gasteiger partial charge in [0.25, 0.3) is 0 Å². The van der Waals surface area contributed by atoms with Crippen LogP contribution in [0, 0.1) is 5.92 Å². The highest BCUT2D eigenvalue weighted by atomic mass is 16.5. The Kier molecular flexibility index (Phi) is 3.21. The van der Waals surface area contributed by atoms with Crippen molar-refractivity contribution in [3.8, 4) is 5.75 Å². The Hall–Kier alpha value is -2.63. The Labute approximate surface area is 121 Å². The van der Waals surface area contributed by atoms with Crippen LogP contribution in [0.3, 0.4) is 0 Å². The maximum absolute atomic E-state index is 12.2. The number of hydrogen-bond acceptors (Lipinski definition) is 4. The number of amides is 2. The van der Waals surface area contributed by atoms with Gasteiger partial charge in [-0.25, -0.2) is 0 Å². The molecular formula is C15H15N3O3. The van der Waals surface area contributed by atoms with Crippen LogP contribution in [-0.4, -0.2) is 30.5 Å². The van der Waals surface area contributed by atoms with E-state index in [1.807, 2.05) is 18.2 Å². The number of carbonyl (C=O) groups excluding carboxylic acids is 2. The topological polar surface area (TPSA) is 85.5 Å². The summed E-state index contributed by atoms with van der Waals surface area (Å²) in [4.78, 5) is 29.4. The maximum Gasteiger partial charge on any atom is 0.227 e. The van der Waals surface area contributed by atoms with E-state index < -0.39 is 11.8 Å². The van der Waals surface area contributed by atoms with Crippen LogP contribution in [0.2, 0.25) is 0 Å². The zero-order chi connectivity index (χ0) is 15.0. The molecule has 108 valence electrons. The van der Waals surface area contributed by atoms with Gasteiger partial charge in [-0.15, -0.1) is 0 Å². The number of fused-ring (bicyclic) bond motifs is 1. The van der Waals surface area contributed by atoms with Crippen molar-refractivity contribution in [2.75, 3.05) is 18.6 Å². The fourth-order valence-corrected chi connectivity index (χ4v) is 2.60. The molecule has 3 rings (SSSR count). The highest BCUT2D eigenvalue weighted by Crippen LogP contribution is 2.34. The molecule has 0 bridgehead atoms. The minimum absolute atomic E-state index is 0.126. The zero-order valence-corrected chi connectivity index (χ0v) is 11.6. The van der Waals surface area contributed by atoms with Crippen molar-refractivity contribution in [3.63, 3.8) is 0 Å². The van der Waals surface area contributed by atoms with Gasteiger partial charge in [0.05, 0.1) is 24.2 Å². The third kappa shape index (κ3) is 2.29. The quantitative estimate of drug-likeness (QED) is 0.914. The lowest BCUT2D eigenvalue weighted by atomic mass is 10.1. The van der Waals surface area contributed by atoms with E-state index in [-0.39, 0.29) is 18.9 Å². The van der Waals surface area contributed by atoms with Crippen molar-refractivity contribution in [1.82, 2.24) is 4.98 Å². The number of hydrogen-bond donors (Lipinski definition) is 1. The molecule has 1 aromatic heterocycles. The molecular weight excluding hydrogens is 270 g/mol. The summed E-state index contributed by atoms with van der Waals surface area (Å²) in [6.45, 7) is 0.285. The number of aromatic nitrogens is 1. The number of methoxy groups -OCH3 is 1. The first-order valence-corrected chi connectivity index (χ1v) is 6.62. The Morgan fingerprint density at radius 2 is 2.29 bits per heavy atom. The minimum Gasteiger partial charge on any atom is -0.497 e. The molecule has 0 spiro atoms. The Balaban J connectivity index is 2.11. The van der Waals surface area contributed by atoms with Gasteiger partial charge in [-0.05, 0) is 12.1 Å². The molecule has 2 heterocycles. The average molecular weight is 285 g/mol. The molecule has 2 aromatic rings. The van der Waals surface area contributed by atoms with E-state index in [1.54, 1.807) is 24.3 Å². The minimum atomic E-state index is -0.456. The molecule has 1 aromatic carbocycles. The first kappa shape index (κ1) is 13.4. The largest absolute Gasteiger partial charge is 0.497 e. The molecule has 1 unspecified atom stereocenters. The highest BCUT2D eigenvalue weighted by molar-refractivity contribution is 6.06. The van der Waals surface area contributed by atoms with Crippen molar-refractivity contribution in [3.05, 3.63) is 30.5 Å². The summed E-state index contributed by atoms with van der Waals surface area (Å²) in [5.74, 6) is -0.395. The first-order chi connectivity index (χ1) is 10.1. The molecule has 6 heteroatoms. The number of benzene rings is 1. The molecule has 0 saturated carbocycles. The molecule has 21 heavy (non-hydrogen) atoms. The third-order valence-electron chi connectivity index (χ3n) is 3.71. The van der Waals surface area contributed by atoms with Crippen LogP contribution in [-0.2, 0) is 9.59 Å². The lowest BCUT2D eigenvalue weighted by molar-refractivity contribution is -0.123. The van der Waals surface area contributed by atoms with Crippen LogP contribution in [0.15, 0.2) is 30.5 Å². The Bertz CT molecular complexity index is 729. The maximum atomic E-state index is 12.2. The van der Waals surface area contributed by atoms with E-state index in [9.17, 15) is 9.59 Å². The summed E-state index contributed by atoms with van der Waals surface area (Å²) in [6.07, 6.45) is 1.81. The van der Waals surface area contributed by atoms with Gasteiger partial charge in [-0.1, -0.05) is 6.07 Å². The van der Waals surface area contributed by atoms with Gasteiger partial charge in [0, 0.05) is 30.6 Å². The van der Waals surface area contributed by atoms with Crippen molar-refractivity contribution in [1.29, 1.82) is 0 Å². The van der Waals surface area contributed by atoms with Gasteiger partial charge < -0.3 is 15.4 Å². The Morgan fingerprint density at radius 3 is 2.95 bits per heavy atom. The zero-order valence-electron chi connectivity index (χ0n) is 11.6. The van der Waals surface area contributed by atoms with Crippen molar-refractivity contribution < 1.29 is 14.3 Å². The summed E-state index contributed by atoms with van der Waals surface area (Å²) >= 11 is 0. The van der Waals surface area contributed by atoms with E-state index in [0.717, 1.165) is 5.39 Å². The van der Waals surface area contributed by atoms with Crippen LogP contribution in [0.1, 0.15) is 6.42 Å². The molecule has 1 fully saturated rings. The second-order valence-electron chi connectivity index (χ2n) is 5.03. The molecule has 1 atom stereocenters. The van der Waals surface area contributed by atoms with E-state index in [1.165, 1.54) is 0 Å². The monoisotopic (exact) mass is 285 g/mol. The fraction of sp³-hybridized carbons (Fsp3) is 0.267. The number of pyridine rings is 1. The number of rotatable bonds is 3. The predicted octanol–water partition coefficient (Wildman–Crippen LogP) is 1.08. The van der Waals surface area contributed by atoms with Gasteiger partial charge >= 0.3 is 0 Å². The van der Waals surface area contributed by atoms with Gasteiger partial charge in [0.1, 0.15) is 5.75 Å². The first-order valence-electron chi connectivity index (χ1n) is 6.62. The summed E-state index contributed by atoms with van der Waals surface area (Å²) < 4.78 is 5.27. The van der Waals surface area contributed by atoms with Crippen LogP contribution < -0.4 is 15.4 Å². The summed E-state index contributed by atoms with van der Waals surface area (Å²) in [6, 6.07) is 7.35. The standard InChI is InChI=1S/C15H15N3O3/c1-21-11-5-9-3-2-4-17-14(9)12(7-11)18-8-10(15(16)20)6-13(18)19/h2-5,7,10H,6,8H2,1H3,(H2,16,20). The fourth-order valence-electron chi connectivity index (χ4n) is 2.60. The van der Waals surface area contributed by atoms with Crippen molar-refractivity contribution >= 4 is 28.4 Å². The normalized spacial score (nSPS) is 18.2. The lowest BCUT2D eigenvalue weighted by Crippen LogP contribution is -2.28. The molecule has 0 radical (unpaired) electrons.